The summed E-state index contributed by atoms with van der Waals surface area (Å²) in [5, 5.41) is 14.7. The molecule has 1 heterocycles. The molecule has 2 rings (SSSR count). The van der Waals surface area contributed by atoms with Crippen LogP contribution in [-0.2, 0) is 9.53 Å². The molecule has 116 valence electrons. The van der Waals surface area contributed by atoms with Gasteiger partial charge in [-0.1, -0.05) is 12.1 Å². The molecule has 2 N–H and O–H groups in total. The first-order chi connectivity index (χ1) is 10.7. The Kier molecular flexibility index (Phi) is 5.81. The molecular formula is C16H19N3O3. The molecule has 0 aliphatic carbocycles. The van der Waals surface area contributed by atoms with Crippen molar-refractivity contribution in [2.75, 3.05) is 25.6 Å². The molecule has 6 heteroatoms. The molecule has 0 spiro atoms. The van der Waals surface area contributed by atoms with Crippen molar-refractivity contribution in [3.05, 3.63) is 36.0 Å². The zero-order chi connectivity index (χ0) is 15.8. The minimum absolute atomic E-state index is 0.00361. The Morgan fingerprint density at radius 1 is 1.55 bits per heavy atom. The normalized spacial score (nSPS) is 17.6. The molecule has 0 radical (unpaired) electrons. The maximum absolute atomic E-state index is 12.1. The maximum atomic E-state index is 12.1. The lowest BCUT2D eigenvalue weighted by Crippen LogP contribution is -2.24. The largest absolute Gasteiger partial charge is 0.495 e. The highest BCUT2D eigenvalue weighted by Gasteiger charge is 2.15. The fourth-order valence-corrected chi connectivity index (χ4v) is 2.18. The third kappa shape index (κ3) is 4.24. The molecule has 1 unspecified atom stereocenters. The van der Waals surface area contributed by atoms with Crippen molar-refractivity contribution < 1.29 is 14.3 Å². The van der Waals surface area contributed by atoms with Gasteiger partial charge in [0.1, 0.15) is 17.4 Å². The molecule has 1 atom stereocenters. The van der Waals surface area contributed by atoms with E-state index in [4.69, 9.17) is 14.7 Å². The van der Waals surface area contributed by atoms with Crippen LogP contribution in [0.4, 0.5) is 5.69 Å². The first-order valence-corrected chi connectivity index (χ1v) is 7.14. The number of rotatable bonds is 6. The summed E-state index contributed by atoms with van der Waals surface area (Å²) in [6.45, 7) is 1.36. The molecule has 1 amide bonds. The second-order valence-corrected chi connectivity index (χ2v) is 4.87. The molecule has 1 fully saturated rings. The quantitative estimate of drug-likeness (QED) is 0.618. The van der Waals surface area contributed by atoms with Crippen LogP contribution in [0.15, 0.2) is 36.0 Å². The van der Waals surface area contributed by atoms with Gasteiger partial charge in [-0.15, -0.1) is 0 Å². The fraction of sp³-hybridized carbons (Fsp3) is 0.375. The molecule has 1 aromatic rings. The van der Waals surface area contributed by atoms with Crippen molar-refractivity contribution in [2.24, 2.45) is 0 Å². The van der Waals surface area contributed by atoms with Gasteiger partial charge in [0, 0.05) is 19.4 Å². The number of amides is 1. The summed E-state index contributed by atoms with van der Waals surface area (Å²) in [7, 11) is 1.52. The highest BCUT2D eigenvalue weighted by atomic mass is 16.5. The molecule has 1 aliphatic rings. The third-order valence-corrected chi connectivity index (χ3v) is 3.34. The summed E-state index contributed by atoms with van der Waals surface area (Å²) in [6.07, 6.45) is 3.62. The summed E-state index contributed by atoms with van der Waals surface area (Å²) in [4.78, 5) is 12.1. The zero-order valence-corrected chi connectivity index (χ0v) is 12.5. The fourth-order valence-electron chi connectivity index (χ4n) is 2.18. The highest BCUT2D eigenvalue weighted by Crippen LogP contribution is 2.23. The van der Waals surface area contributed by atoms with Crippen LogP contribution in [0.5, 0.6) is 5.75 Å². The Morgan fingerprint density at radius 2 is 2.36 bits per heavy atom. The average molecular weight is 301 g/mol. The van der Waals surface area contributed by atoms with Crippen LogP contribution >= 0.6 is 0 Å². The van der Waals surface area contributed by atoms with Crippen LogP contribution in [0.2, 0.25) is 0 Å². The van der Waals surface area contributed by atoms with Crippen molar-refractivity contribution in [3.63, 3.8) is 0 Å². The second kappa shape index (κ2) is 8.05. The number of nitrogens with one attached hydrogen (secondary N) is 2. The molecule has 1 saturated heterocycles. The Balaban J connectivity index is 1.94. The van der Waals surface area contributed by atoms with Crippen molar-refractivity contribution in [3.8, 4) is 11.8 Å². The highest BCUT2D eigenvalue weighted by molar-refractivity contribution is 6.07. The topological polar surface area (TPSA) is 83.4 Å². The van der Waals surface area contributed by atoms with Gasteiger partial charge >= 0.3 is 0 Å². The van der Waals surface area contributed by atoms with Crippen LogP contribution in [0.1, 0.15) is 12.8 Å². The summed E-state index contributed by atoms with van der Waals surface area (Å²) >= 11 is 0. The van der Waals surface area contributed by atoms with Crippen LogP contribution in [-0.4, -0.2) is 32.3 Å². The van der Waals surface area contributed by atoms with Crippen LogP contribution in [0, 0.1) is 11.3 Å². The summed E-state index contributed by atoms with van der Waals surface area (Å²) < 4.78 is 10.6. The van der Waals surface area contributed by atoms with Gasteiger partial charge in [-0.05, 0) is 25.0 Å². The lowest BCUT2D eigenvalue weighted by Gasteiger charge is -2.10. The molecular weight excluding hydrogens is 282 g/mol. The van der Waals surface area contributed by atoms with E-state index in [1.165, 1.54) is 13.3 Å². The van der Waals surface area contributed by atoms with Gasteiger partial charge in [0.15, 0.2) is 0 Å². The van der Waals surface area contributed by atoms with Crippen molar-refractivity contribution in [2.45, 2.75) is 18.9 Å². The first-order valence-electron chi connectivity index (χ1n) is 7.14. The number of benzene rings is 1. The Labute approximate surface area is 129 Å². The lowest BCUT2D eigenvalue weighted by atomic mass is 10.2. The Hall–Kier alpha value is -2.52. The van der Waals surface area contributed by atoms with E-state index in [0.717, 1.165) is 19.4 Å². The first kappa shape index (κ1) is 15.9. The monoisotopic (exact) mass is 301 g/mol. The van der Waals surface area contributed by atoms with E-state index in [1.54, 1.807) is 24.3 Å². The lowest BCUT2D eigenvalue weighted by molar-refractivity contribution is -0.112. The van der Waals surface area contributed by atoms with E-state index >= 15 is 0 Å². The Bertz CT molecular complexity index is 587. The van der Waals surface area contributed by atoms with E-state index in [9.17, 15) is 4.79 Å². The van der Waals surface area contributed by atoms with Gasteiger partial charge in [-0.3, -0.25) is 4.79 Å². The standard InChI is InChI=1S/C16H19N3O3/c1-21-15-7-3-2-6-14(15)19-16(20)12(9-17)10-18-11-13-5-4-8-22-13/h2-3,6-7,10,13,18H,4-5,8,11H2,1H3,(H,19,20)/b12-10-. The zero-order valence-electron chi connectivity index (χ0n) is 12.5. The third-order valence-electron chi connectivity index (χ3n) is 3.34. The predicted octanol–water partition coefficient (Wildman–Crippen LogP) is 1.81. The SMILES string of the molecule is COc1ccccc1NC(=O)/C(C#N)=C\NCC1CCCO1. The van der Waals surface area contributed by atoms with Gasteiger partial charge in [-0.2, -0.15) is 5.26 Å². The second-order valence-electron chi connectivity index (χ2n) is 4.87. The number of nitriles is 1. The maximum Gasteiger partial charge on any atom is 0.267 e. The van der Waals surface area contributed by atoms with Gasteiger partial charge in [-0.25, -0.2) is 0 Å². The molecule has 6 nitrogen and oxygen atoms in total. The number of ether oxygens (including phenoxy) is 2. The van der Waals surface area contributed by atoms with Crippen LogP contribution in [0.25, 0.3) is 0 Å². The van der Waals surface area contributed by atoms with Crippen LogP contribution < -0.4 is 15.4 Å². The molecule has 1 aromatic carbocycles. The number of carbonyl (C=O) groups excluding carboxylic acids is 1. The molecule has 1 aliphatic heterocycles. The van der Waals surface area contributed by atoms with Crippen LogP contribution in [0.3, 0.4) is 0 Å². The molecule has 0 aromatic heterocycles. The van der Waals surface area contributed by atoms with Gasteiger partial charge in [0.2, 0.25) is 0 Å². The van der Waals surface area contributed by atoms with Crippen molar-refractivity contribution >= 4 is 11.6 Å². The van der Waals surface area contributed by atoms with E-state index in [1.807, 2.05) is 6.07 Å². The average Bonchev–Trinajstić information content (AvgIpc) is 3.05. The smallest absolute Gasteiger partial charge is 0.267 e. The number of nitrogens with zero attached hydrogens (tertiary/aromatic N) is 1. The van der Waals surface area contributed by atoms with Gasteiger partial charge in [0.05, 0.1) is 18.9 Å². The number of carbonyl (C=O) groups is 1. The van der Waals surface area contributed by atoms with E-state index < -0.39 is 5.91 Å². The molecule has 22 heavy (non-hydrogen) atoms. The predicted molar refractivity (Wildman–Crippen MR) is 82.3 cm³/mol. The summed E-state index contributed by atoms with van der Waals surface area (Å²) in [5.41, 5.74) is 0.527. The summed E-state index contributed by atoms with van der Waals surface area (Å²) in [5.74, 6) is 0.0623. The van der Waals surface area contributed by atoms with E-state index in [2.05, 4.69) is 10.6 Å². The minimum Gasteiger partial charge on any atom is -0.495 e. The summed E-state index contributed by atoms with van der Waals surface area (Å²) in [6, 6.07) is 8.93. The van der Waals surface area contributed by atoms with E-state index in [0.29, 0.717) is 18.0 Å². The molecule has 0 bridgehead atoms. The number of hydrogen-bond acceptors (Lipinski definition) is 5. The Morgan fingerprint density at radius 3 is 3.05 bits per heavy atom. The van der Waals surface area contributed by atoms with Gasteiger partial charge in [0.25, 0.3) is 5.91 Å². The number of methoxy groups -OCH3 is 1. The van der Waals surface area contributed by atoms with Crippen molar-refractivity contribution in [1.29, 1.82) is 5.26 Å². The van der Waals surface area contributed by atoms with Crippen molar-refractivity contribution in [1.82, 2.24) is 5.32 Å². The minimum atomic E-state index is -0.480. The number of anilines is 1. The van der Waals surface area contributed by atoms with E-state index in [-0.39, 0.29) is 11.7 Å². The number of hydrogen-bond donors (Lipinski definition) is 2. The number of para-hydroxylation sites is 2. The molecule has 0 saturated carbocycles. The van der Waals surface area contributed by atoms with Gasteiger partial charge < -0.3 is 20.1 Å².